The number of alkyl halides is 3. The molecule has 0 aliphatic heterocycles. The van der Waals surface area contributed by atoms with Crippen molar-refractivity contribution in [3.05, 3.63) is 15.6 Å². The van der Waals surface area contributed by atoms with Gasteiger partial charge in [-0.25, -0.2) is 4.98 Å². The SMILES string of the molecule is CCOC(OCC)c1nc(C(F)(F)F)c(C)s1. The summed E-state index contributed by atoms with van der Waals surface area (Å²) in [5, 5.41) is 0.207. The van der Waals surface area contributed by atoms with Crippen molar-refractivity contribution in [2.45, 2.75) is 33.2 Å². The molecule has 0 saturated carbocycles. The van der Waals surface area contributed by atoms with E-state index >= 15 is 0 Å². The van der Waals surface area contributed by atoms with Crippen molar-refractivity contribution in [2.24, 2.45) is 0 Å². The zero-order valence-corrected chi connectivity index (χ0v) is 10.6. The van der Waals surface area contributed by atoms with Crippen LogP contribution in [-0.4, -0.2) is 18.2 Å². The Hall–Kier alpha value is -0.660. The third-order valence-corrected chi connectivity index (χ3v) is 2.91. The van der Waals surface area contributed by atoms with E-state index in [4.69, 9.17) is 9.47 Å². The molecule has 0 unspecified atom stereocenters. The fourth-order valence-electron chi connectivity index (χ4n) is 1.27. The lowest BCUT2D eigenvalue weighted by molar-refractivity contribution is -0.147. The lowest BCUT2D eigenvalue weighted by atomic mass is 10.4. The summed E-state index contributed by atoms with van der Waals surface area (Å²) in [5.41, 5.74) is -0.859. The van der Waals surface area contributed by atoms with Crippen LogP contribution in [0.2, 0.25) is 0 Å². The second kappa shape index (κ2) is 5.79. The summed E-state index contributed by atoms with van der Waals surface area (Å²) >= 11 is 0.948. The summed E-state index contributed by atoms with van der Waals surface area (Å²) in [4.78, 5) is 3.68. The average molecular weight is 269 g/mol. The number of hydrogen-bond acceptors (Lipinski definition) is 4. The van der Waals surface area contributed by atoms with E-state index in [0.29, 0.717) is 13.2 Å². The molecule has 1 rings (SSSR count). The second-order valence-electron chi connectivity index (χ2n) is 3.20. The highest BCUT2D eigenvalue weighted by Crippen LogP contribution is 2.36. The van der Waals surface area contributed by atoms with Gasteiger partial charge in [0.1, 0.15) is 5.01 Å². The fraction of sp³-hybridized carbons (Fsp3) is 0.700. The number of rotatable bonds is 5. The van der Waals surface area contributed by atoms with Gasteiger partial charge < -0.3 is 9.47 Å². The lowest BCUT2D eigenvalue weighted by Gasteiger charge is -2.13. The minimum atomic E-state index is -4.43. The first-order valence-corrected chi connectivity index (χ1v) is 5.99. The number of aromatic nitrogens is 1. The smallest absolute Gasteiger partial charge is 0.347 e. The molecule has 1 aromatic heterocycles. The molecule has 1 heterocycles. The van der Waals surface area contributed by atoms with Crippen LogP contribution in [0.3, 0.4) is 0 Å². The topological polar surface area (TPSA) is 31.4 Å². The first-order valence-electron chi connectivity index (χ1n) is 5.17. The van der Waals surface area contributed by atoms with Crippen molar-refractivity contribution in [1.82, 2.24) is 4.98 Å². The van der Waals surface area contributed by atoms with Crippen LogP contribution in [0.4, 0.5) is 13.2 Å². The van der Waals surface area contributed by atoms with Gasteiger partial charge >= 0.3 is 6.18 Å². The van der Waals surface area contributed by atoms with Crippen LogP contribution >= 0.6 is 11.3 Å². The maximum atomic E-state index is 12.6. The van der Waals surface area contributed by atoms with Crippen LogP contribution in [0.15, 0.2) is 0 Å². The molecule has 0 saturated heterocycles. The molecule has 0 N–H and O–H groups in total. The van der Waals surface area contributed by atoms with E-state index in [1.807, 2.05) is 0 Å². The minimum Gasteiger partial charge on any atom is -0.347 e. The predicted octanol–water partition coefficient (Wildman–Crippen LogP) is 3.54. The number of halogens is 3. The Labute approximate surface area is 102 Å². The van der Waals surface area contributed by atoms with E-state index in [-0.39, 0.29) is 9.88 Å². The van der Waals surface area contributed by atoms with Gasteiger partial charge in [0.2, 0.25) is 6.29 Å². The molecular weight excluding hydrogens is 255 g/mol. The predicted molar refractivity (Wildman–Crippen MR) is 57.8 cm³/mol. The largest absolute Gasteiger partial charge is 0.434 e. The molecule has 0 fully saturated rings. The quantitative estimate of drug-likeness (QED) is 0.766. The maximum absolute atomic E-state index is 12.6. The van der Waals surface area contributed by atoms with Gasteiger partial charge in [-0.05, 0) is 20.8 Å². The number of thiazole rings is 1. The van der Waals surface area contributed by atoms with Crippen LogP contribution in [0.1, 0.15) is 35.7 Å². The molecule has 17 heavy (non-hydrogen) atoms. The van der Waals surface area contributed by atoms with Gasteiger partial charge in [0.25, 0.3) is 0 Å². The van der Waals surface area contributed by atoms with Crippen molar-refractivity contribution < 1.29 is 22.6 Å². The van der Waals surface area contributed by atoms with Gasteiger partial charge in [0.15, 0.2) is 5.69 Å². The van der Waals surface area contributed by atoms with Crippen molar-refractivity contribution in [1.29, 1.82) is 0 Å². The molecule has 7 heteroatoms. The highest BCUT2D eigenvalue weighted by molar-refractivity contribution is 7.11. The monoisotopic (exact) mass is 269 g/mol. The summed E-state index contributed by atoms with van der Waals surface area (Å²) in [5.74, 6) is 0. The van der Waals surface area contributed by atoms with Crippen LogP contribution < -0.4 is 0 Å². The first kappa shape index (κ1) is 14.4. The molecule has 0 bridgehead atoms. The van der Waals surface area contributed by atoms with Gasteiger partial charge in [-0.2, -0.15) is 13.2 Å². The maximum Gasteiger partial charge on any atom is 0.434 e. The number of nitrogens with zero attached hydrogens (tertiary/aromatic N) is 1. The van der Waals surface area contributed by atoms with Crippen molar-refractivity contribution in [3.63, 3.8) is 0 Å². The van der Waals surface area contributed by atoms with Gasteiger partial charge in [-0.3, -0.25) is 0 Å². The third-order valence-electron chi connectivity index (χ3n) is 1.92. The molecule has 0 aromatic carbocycles. The lowest BCUT2D eigenvalue weighted by Crippen LogP contribution is -2.11. The van der Waals surface area contributed by atoms with Crippen molar-refractivity contribution in [3.8, 4) is 0 Å². The minimum absolute atomic E-state index is 0.122. The Morgan fingerprint density at radius 3 is 2.12 bits per heavy atom. The summed E-state index contributed by atoms with van der Waals surface area (Å²) in [6.07, 6.45) is -5.24. The number of aryl methyl sites for hydroxylation is 1. The molecule has 3 nitrogen and oxygen atoms in total. The summed E-state index contributed by atoms with van der Waals surface area (Å²) < 4.78 is 48.1. The molecule has 98 valence electrons. The summed E-state index contributed by atoms with van der Waals surface area (Å²) in [6, 6.07) is 0. The van der Waals surface area contributed by atoms with Crippen molar-refractivity contribution in [2.75, 3.05) is 13.2 Å². The molecule has 0 atom stereocenters. The Balaban J connectivity index is 2.97. The molecule has 0 radical (unpaired) electrons. The highest BCUT2D eigenvalue weighted by Gasteiger charge is 2.37. The zero-order valence-electron chi connectivity index (χ0n) is 9.80. The van der Waals surface area contributed by atoms with E-state index in [0.717, 1.165) is 11.3 Å². The van der Waals surface area contributed by atoms with Gasteiger partial charge in [-0.15, -0.1) is 11.3 Å². The molecule has 0 aliphatic rings. The molecule has 1 aromatic rings. The molecule has 0 amide bonds. The Morgan fingerprint density at radius 2 is 1.76 bits per heavy atom. The normalized spacial score (nSPS) is 12.4. The van der Waals surface area contributed by atoms with E-state index in [1.165, 1.54) is 6.92 Å². The van der Waals surface area contributed by atoms with E-state index in [1.54, 1.807) is 13.8 Å². The van der Waals surface area contributed by atoms with Gasteiger partial charge in [0, 0.05) is 18.1 Å². The molecular formula is C10H14F3NO2S. The van der Waals surface area contributed by atoms with Crippen LogP contribution in [0, 0.1) is 6.92 Å². The first-order chi connectivity index (χ1) is 7.90. The van der Waals surface area contributed by atoms with Gasteiger partial charge in [-0.1, -0.05) is 0 Å². The Morgan fingerprint density at radius 1 is 1.24 bits per heavy atom. The summed E-state index contributed by atoms with van der Waals surface area (Å²) in [7, 11) is 0. The van der Waals surface area contributed by atoms with Crippen LogP contribution in [0.25, 0.3) is 0 Å². The Kier molecular flexibility index (Phi) is 4.91. The number of ether oxygens (including phenoxy) is 2. The zero-order chi connectivity index (χ0) is 13.1. The standard InChI is InChI=1S/C10H14F3NO2S/c1-4-15-9(16-5-2)8-14-7(6(3)17-8)10(11,12)13/h9H,4-5H2,1-3H3. The number of hydrogen-bond donors (Lipinski definition) is 0. The average Bonchev–Trinajstić information content (AvgIpc) is 2.59. The van der Waals surface area contributed by atoms with Gasteiger partial charge in [0.05, 0.1) is 0 Å². The molecule has 0 aliphatic carbocycles. The van der Waals surface area contributed by atoms with Crippen LogP contribution in [0.5, 0.6) is 0 Å². The van der Waals surface area contributed by atoms with E-state index in [2.05, 4.69) is 4.98 Å². The fourth-order valence-corrected chi connectivity index (χ4v) is 2.22. The molecule has 0 spiro atoms. The van der Waals surface area contributed by atoms with E-state index in [9.17, 15) is 13.2 Å². The van der Waals surface area contributed by atoms with Crippen molar-refractivity contribution >= 4 is 11.3 Å². The Bertz CT molecular complexity index is 359. The highest BCUT2D eigenvalue weighted by atomic mass is 32.1. The second-order valence-corrected chi connectivity index (χ2v) is 4.43. The summed E-state index contributed by atoms with van der Waals surface area (Å²) in [6.45, 7) is 5.59. The van der Waals surface area contributed by atoms with Crippen LogP contribution in [-0.2, 0) is 15.7 Å². The third kappa shape index (κ3) is 3.65. The van der Waals surface area contributed by atoms with E-state index < -0.39 is 18.2 Å².